The molecule has 0 saturated heterocycles. The van der Waals surface area contributed by atoms with Crippen LogP contribution >= 0.6 is 0 Å². The SMILES string of the molecule is C=CCN(C(=O)CC)C(C)C(=O)c1c(C)c(C(=O)OCC)n(CC)c1C. The number of rotatable bonds is 9. The molecule has 0 aliphatic carbocycles. The molecule has 26 heavy (non-hydrogen) atoms. The molecule has 1 atom stereocenters. The number of hydrogen-bond donors (Lipinski definition) is 0. The third-order valence-corrected chi connectivity index (χ3v) is 4.59. The molecule has 0 aromatic carbocycles. The number of nitrogens with zero attached hydrogens (tertiary/aromatic N) is 2. The van der Waals surface area contributed by atoms with E-state index in [1.807, 2.05) is 13.8 Å². The molecule has 6 nitrogen and oxygen atoms in total. The average Bonchev–Trinajstić information content (AvgIpc) is 2.87. The molecule has 0 spiro atoms. The maximum absolute atomic E-state index is 13.2. The first-order chi connectivity index (χ1) is 12.3. The molecule has 1 amide bonds. The molecule has 0 saturated carbocycles. The lowest BCUT2D eigenvalue weighted by molar-refractivity contribution is -0.131. The van der Waals surface area contributed by atoms with Crippen molar-refractivity contribution in [2.24, 2.45) is 0 Å². The van der Waals surface area contributed by atoms with E-state index in [4.69, 9.17) is 4.74 Å². The minimum absolute atomic E-state index is 0.110. The van der Waals surface area contributed by atoms with Crippen molar-refractivity contribution in [3.63, 3.8) is 0 Å². The monoisotopic (exact) mass is 362 g/mol. The zero-order valence-electron chi connectivity index (χ0n) is 16.7. The summed E-state index contributed by atoms with van der Waals surface area (Å²) in [4.78, 5) is 39.3. The van der Waals surface area contributed by atoms with E-state index < -0.39 is 12.0 Å². The topological polar surface area (TPSA) is 68.6 Å². The highest BCUT2D eigenvalue weighted by Crippen LogP contribution is 2.26. The molecule has 1 heterocycles. The molecule has 1 aromatic heterocycles. The summed E-state index contributed by atoms with van der Waals surface area (Å²) >= 11 is 0. The molecule has 0 aliphatic rings. The Morgan fingerprint density at radius 1 is 1.23 bits per heavy atom. The Kier molecular flexibility index (Phi) is 7.80. The van der Waals surface area contributed by atoms with Gasteiger partial charge in [-0.3, -0.25) is 9.59 Å². The molecule has 0 aliphatic heterocycles. The van der Waals surface area contributed by atoms with Gasteiger partial charge in [0.05, 0.1) is 12.6 Å². The predicted molar refractivity (Wildman–Crippen MR) is 102 cm³/mol. The molecule has 144 valence electrons. The first-order valence-electron chi connectivity index (χ1n) is 9.07. The fourth-order valence-electron chi connectivity index (χ4n) is 3.28. The second-order valence-electron chi connectivity index (χ2n) is 6.13. The summed E-state index contributed by atoms with van der Waals surface area (Å²) in [6.45, 7) is 15.5. The van der Waals surface area contributed by atoms with Crippen molar-refractivity contribution in [3.8, 4) is 0 Å². The largest absolute Gasteiger partial charge is 0.461 e. The lowest BCUT2D eigenvalue weighted by Crippen LogP contribution is -2.43. The second-order valence-corrected chi connectivity index (χ2v) is 6.13. The summed E-state index contributed by atoms with van der Waals surface area (Å²) in [5.74, 6) is -0.725. The summed E-state index contributed by atoms with van der Waals surface area (Å²) in [7, 11) is 0. The van der Waals surface area contributed by atoms with Crippen molar-refractivity contribution in [2.75, 3.05) is 13.2 Å². The van der Waals surface area contributed by atoms with Crippen molar-refractivity contribution in [1.82, 2.24) is 9.47 Å². The van der Waals surface area contributed by atoms with Crippen LogP contribution in [0.15, 0.2) is 12.7 Å². The molecule has 0 N–H and O–H groups in total. The van der Waals surface area contributed by atoms with E-state index in [0.717, 1.165) is 0 Å². The number of ether oxygens (including phenoxy) is 1. The van der Waals surface area contributed by atoms with Gasteiger partial charge in [-0.15, -0.1) is 6.58 Å². The van der Waals surface area contributed by atoms with Crippen LogP contribution in [-0.2, 0) is 16.1 Å². The highest BCUT2D eigenvalue weighted by atomic mass is 16.5. The average molecular weight is 362 g/mol. The minimum atomic E-state index is -0.638. The number of ketones is 1. The molecule has 0 fully saturated rings. The standard InChI is InChI=1S/C20H30N2O4/c1-8-12-22(16(23)9-2)15(7)19(24)17-13(5)18(20(25)26-11-4)21(10-3)14(17)6/h8,15H,1,9-12H2,2-7H3. The maximum atomic E-state index is 13.2. The quantitative estimate of drug-likeness (QED) is 0.384. The van der Waals surface area contributed by atoms with Crippen molar-refractivity contribution in [1.29, 1.82) is 0 Å². The van der Waals surface area contributed by atoms with E-state index in [9.17, 15) is 14.4 Å². The molecular weight excluding hydrogens is 332 g/mol. The number of carbonyl (C=O) groups is 3. The van der Waals surface area contributed by atoms with Crippen LogP contribution in [0, 0.1) is 13.8 Å². The second kappa shape index (κ2) is 9.36. The van der Waals surface area contributed by atoms with Gasteiger partial charge in [0.15, 0.2) is 5.78 Å². The number of carbonyl (C=O) groups excluding carboxylic acids is 3. The Hall–Kier alpha value is -2.37. The number of amides is 1. The number of aromatic nitrogens is 1. The van der Waals surface area contributed by atoms with Gasteiger partial charge >= 0.3 is 5.97 Å². The Morgan fingerprint density at radius 2 is 1.85 bits per heavy atom. The predicted octanol–water partition coefficient (Wildman–Crippen LogP) is 3.30. The Balaban J connectivity index is 3.41. The minimum Gasteiger partial charge on any atom is -0.461 e. The molecule has 1 aromatic rings. The van der Waals surface area contributed by atoms with Crippen molar-refractivity contribution in [3.05, 3.63) is 35.2 Å². The van der Waals surface area contributed by atoms with Crippen molar-refractivity contribution < 1.29 is 19.1 Å². The van der Waals surface area contributed by atoms with Crippen LogP contribution in [0.1, 0.15) is 66.2 Å². The molecule has 1 unspecified atom stereocenters. The fraction of sp³-hybridized carbons (Fsp3) is 0.550. The molecule has 1 rings (SSSR count). The van der Waals surface area contributed by atoms with Gasteiger partial charge in [0.2, 0.25) is 5.91 Å². The zero-order valence-corrected chi connectivity index (χ0v) is 16.7. The zero-order chi connectivity index (χ0) is 20.0. The smallest absolute Gasteiger partial charge is 0.355 e. The first kappa shape index (κ1) is 21.7. The third-order valence-electron chi connectivity index (χ3n) is 4.59. The van der Waals surface area contributed by atoms with Crippen LogP contribution in [0.4, 0.5) is 0 Å². The van der Waals surface area contributed by atoms with Gasteiger partial charge in [0.1, 0.15) is 5.69 Å². The first-order valence-corrected chi connectivity index (χ1v) is 9.07. The van der Waals surface area contributed by atoms with Crippen LogP contribution in [0.3, 0.4) is 0 Å². The van der Waals surface area contributed by atoms with E-state index in [1.54, 1.807) is 38.3 Å². The van der Waals surface area contributed by atoms with Gasteiger partial charge in [-0.2, -0.15) is 0 Å². The summed E-state index contributed by atoms with van der Waals surface area (Å²) in [5, 5.41) is 0. The normalized spacial score (nSPS) is 11.8. The Labute approximate surface area is 155 Å². The van der Waals surface area contributed by atoms with E-state index in [2.05, 4.69) is 6.58 Å². The number of hydrogen-bond acceptors (Lipinski definition) is 4. The summed E-state index contributed by atoms with van der Waals surface area (Å²) in [6.07, 6.45) is 1.92. The maximum Gasteiger partial charge on any atom is 0.355 e. The van der Waals surface area contributed by atoms with E-state index >= 15 is 0 Å². The Morgan fingerprint density at radius 3 is 2.31 bits per heavy atom. The lowest BCUT2D eigenvalue weighted by atomic mass is 9.99. The third kappa shape index (κ3) is 4.06. The molecule has 0 radical (unpaired) electrons. The molecule has 6 heteroatoms. The summed E-state index contributed by atoms with van der Waals surface area (Å²) in [5.41, 5.74) is 2.20. The van der Waals surface area contributed by atoms with Gasteiger partial charge in [-0.1, -0.05) is 13.0 Å². The van der Waals surface area contributed by atoms with Gasteiger partial charge < -0.3 is 14.2 Å². The molecular formula is C20H30N2O4. The lowest BCUT2D eigenvalue weighted by Gasteiger charge is -2.27. The van der Waals surface area contributed by atoms with Gasteiger partial charge in [-0.25, -0.2) is 4.79 Å². The van der Waals surface area contributed by atoms with Gasteiger partial charge in [0, 0.05) is 30.8 Å². The van der Waals surface area contributed by atoms with E-state index in [-0.39, 0.29) is 18.3 Å². The van der Waals surface area contributed by atoms with Crippen LogP contribution < -0.4 is 0 Å². The summed E-state index contributed by atoms with van der Waals surface area (Å²) in [6, 6.07) is -0.638. The molecule has 0 bridgehead atoms. The number of esters is 1. The van der Waals surface area contributed by atoms with Gasteiger partial charge in [0.25, 0.3) is 0 Å². The van der Waals surface area contributed by atoms with Crippen LogP contribution in [-0.4, -0.2) is 46.3 Å². The van der Waals surface area contributed by atoms with Crippen molar-refractivity contribution in [2.45, 2.75) is 60.5 Å². The fourth-order valence-corrected chi connectivity index (χ4v) is 3.28. The number of Topliss-reactive ketones (excluding diaryl/α,β-unsaturated/α-hetero) is 1. The van der Waals surface area contributed by atoms with Crippen molar-refractivity contribution >= 4 is 17.7 Å². The van der Waals surface area contributed by atoms with E-state index in [0.29, 0.717) is 42.0 Å². The highest BCUT2D eigenvalue weighted by molar-refractivity contribution is 6.06. The highest BCUT2D eigenvalue weighted by Gasteiger charge is 2.32. The van der Waals surface area contributed by atoms with Crippen LogP contribution in [0.2, 0.25) is 0 Å². The Bertz CT molecular complexity index is 703. The van der Waals surface area contributed by atoms with Gasteiger partial charge in [-0.05, 0) is 40.2 Å². The summed E-state index contributed by atoms with van der Waals surface area (Å²) < 4.78 is 6.95. The van der Waals surface area contributed by atoms with Crippen LogP contribution in [0.5, 0.6) is 0 Å². The van der Waals surface area contributed by atoms with Crippen LogP contribution in [0.25, 0.3) is 0 Å². The van der Waals surface area contributed by atoms with E-state index in [1.165, 1.54) is 4.90 Å².